The van der Waals surface area contributed by atoms with Crippen LogP contribution in [0.15, 0.2) is 42.5 Å². The SMILES string of the molecule is CCCCOc1ccc(C(=O)N(CCCN2CCOCC2)c2nc3ccc(C)cc3s2)cc1. The van der Waals surface area contributed by atoms with Crippen LogP contribution in [0.4, 0.5) is 5.13 Å². The third kappa shape index (κ3) is 6.31. The normalized spacial score (nSPS) is 14.5. The van der Waals surface area contributed by atoms with E-state index in [-0.39, 0.29) is 5.91 Å². The minimum Gasteiger partial charge on any atom is -0.494 e. The van der Waals surface area contributed by atoms with Gasteiger partial charge in [0, 0.05) is 31.7 Å². The molecule has 2 aromatic carbocycles. The molecule has 176 valence electrons. The lowest BCUT2D eigenvalue weighted by Gasteiger charge is -2.27. The smallest absolute Gasteiger partial charge is 0.260 e. The molecular formula is C26H33N3O3S. The van der Waals surface area contributed by atoms with Crippen molar-refractivity contribution in [3.8, 4) is 5.75 Å². The maximum absolute atomic E-state index is 13.6. The van der Waals surface area contributed by atoms with Crippen LogP contribution in [0.5, 0.6) is 5.75 Å². The first kappa shape index (κ1) is 23.7. The average molecular weight is 468 g/mol. The Kier molecular flexibility index (Phi) is 8.31. The Morgan fingerprint density at radius 2 is 1.94 bits per heavy atom. The summed E-state index contributed by atoms with van der Waals surface area (Å²) in [5.41, 5.74) is 2.78. The molecule has 0 saturated carbocycles. The zero-order valence-corrected chi connectivity index (χ0v) is 20.4. The van der Waals surface area contributed by atoms with Gasteiger partial charge in [0.25, 0.3) is 5.91 Å². The quantitative estimate of drug-likeness (QED) is 0.386. The number of carbonyl (C=O) groups excluding carboxylic acids is 1. The highest BCUT2D eigenvalue weighted by molar-refractivity contribution is 7.22. The standard InChI is InChI=1S/C26H33N3O3S/c1-3-4-16-32-22-9-7-21(8-10-22)25(30)29(13-5-12-28-14-17-31-18-15-28)26-27-23-11-6-20(2)19-24(23)33-26/h6-11,19H,3-5,12-18H2,1-2H3. The number of hydrogen-bond acceptors (Lipinski definition) is 6. The van der Waals surface area contributed by atoms with Crippen molar-refractivity contribution >= 4 is 32.6 Å². The highest BCUT2D eigenvalue weighted by atomic mass is 32.1. The molecule has 0 unspecified atom stereocenters. The summed E-state index contributed by atoms with van der Waals surface area (Å²) in [6.07, 6.45) is 3.01. The summed E-state index contributed by atoms with van der Waals surface area (Å²) in [5, 5.41) is 0.755. The van der Waals surface area contributed by atoms with E-state index in [1.54, 1.807) is 11.3 Å². The lowest BCUT2D eigenvalue weighted by molar-refractivity contribution is 0.0376. The first-order valence-electron chi connectivity index (χ1n) is 11.9. The van der Waals surface area contributed by atoms with E-state index in [9.17, 15) is 4.79 Å². The Balaban J connectivity index is 1.51. The molecule has 2 heterocycles. The molecule has 1 fully saturated rings. The van der Waals surface area contributed by atoms with E-state index in [0.29, 0.717) is 18.7 Å². The molecule has 1 amide bonds. The van der Waals surface area contributed by atoms with Crippen molar-refractivity contribution in [2.45, 2.75) is 33.1 Å². The van der Waals surface area contributed by atoms with Crippen LogP contribution in [0, 0.1) is 6.92 Å². The van der Waals surface area contributed by atoms with Crippen LogP contribution in [-0.2, 0) is 4.74 Å². The van der Waals surface area contributed by atoms with Crippen molar-refractivity contribution in [3.63, 3.8) is 0 Å². The molecule has 1 aliphatic rings. The minimum atomic E-state index is -0.0205. The Bertz CT molecular complexity index is 1040. The van der Waals surface area contributed by atoms with Crippen LogP contribution in [0.3, 0.4) is 0 Å². The maximum Gasteiger partial charge on any atom is 0.260 e. The predicted octanol–water partition coefficient (Wildman–Crippen LogP) is 5.15. The van der Waals surface area contributed by atoms with Crippen molar-refractivity contribution in [2.75, 3.05) is 50.9 Å². The number of rotatable bonds is 10. The maximum atomic E-state index is 13.6. The van der Waals surface area contributed by atoms with Gasteiger partial charge in [-0.1, -0.05) is 30.7 Å². The van der Waals surface area contributed by atoms with E-state index in [1.807, 2.05) is 35.2 Å². The molecule has 1 aromatic heterocycles. The molecule has 3 aromatic rings. The molecule has 0 atom stereocenters. The number of nitrogens with zero attached hydrogens (tertiary/aromatic N) is 3. The molecule has 4 rings (SSSR count). The van der Waals surface area contributed by atoms with Crippen LogP contribution >= 0.6 is 11.3 Å². The van der Waals surface area contributed by atoms with Gasteiger partial charge in [0.1, 0.15) is 5.75 Å². The molecule has 0 aliphatic carbocycles. The van der Waals surface area contributed by atoms with Gasteiger partial charge < -0.3 is 9.47 Å². The first-order valence-corrected chi connectivity index (χ1v) is 12.7. The molecular weight excluding hydrogens is 434 g/mol. The Morgan fingerprint density at radius 1 is 1.15 bits per heavy atom. The molecule has 0 N–H and O–H groups in total. The van der Waals surface area contributed by atoms with E-state index in [0.717, 1.165) is 73.2 Å². The number of anilines is 1. The second kappa shape index (κ2) is 11.6. The zero-order chi connectivity index (χ0) is 23.0. The molecule has 0 spiro atoms. The molecule has 1 saturated heterocycles. The zero-order valence-electron chi connectivity index (χ0n) is 19.6. The Hall–Kier alpha value is -2.48. The second-order valence-corrected chi connectivity index (χ2v) is 9.47. The van der Waals surface area contributed by atoms with Crippen LogP contribution in [-0.4, -0.2) is 61.8 Å². The number of hydrogen-bond donors (Lipinski definition) is 0. The Morgan fingerprint density at radius 3 is 2.70 bits per heavy atom. The number of ether oxygens (including phenoxy) is 2. The van der Waals surface area contributed by atoms with Gasteiger partial charge in [-0.15, -0.1) is 0 Å². The lowest BCUT2D eigenvalue weighted by atomic mass is 10.2. The van der Waals surface area contributed by atoms with Gasteiger partial charge in [0.15, 0.2) is 5.13 Å². The number of amides is 1. The minimum absolute atomic E-state index is 0.0205. The van der Waals surface area contributed by atoms with Crippen LogP contribution in [0.2, 0.25) is 0 Å². The largest absolute Gasteiger partial charge is 0.494 e. The third-order valence-electron chi connectivity index (χ3n) is 5.84. The third-order valence-corrected chi connectivity index (χ3v) is 6.88. The molecule has 1 aliphatic heterocycles. The van der Waals surface area contributed by atoms with Gasteiger partial charge in [-0.3, -0.25) is 14.6 Å². The molecule has 6 nitrogen and oxygen atoms in total. The Labute approximate surface area is 200 Å². The monoisotopic (exact) mass is 467 g/mol. The van der Waals surface area contributed by atoms with Crippen molar-refractivity contribution in [2.24, 2.45) is 0 Å². The van der Waals surface area contributed by atoms with E-state index in [2.05, 4.69) is 30.9 Å². The fourth-order valence-electron chi connectivity index (χ4n) is 3.88. The van der Waals surface area contributed by atoms with Crippen LogP contribution in [0.25, 0.3) is 10.2 Å². The number of unbranched alkanes of at least 4 members (excludes halogenated alkanes) is 1. The molecule has 33 heavy (non-hydrogen) atoms. The fraction of sp³-hybridized carbons (Fsp3) is 0.462. The fourth-order valence-corrected chi connectivity index (χ4v) is 4.97. The van der Waals surface area contributed by atoms with E-state index in [4.69, 9.17) is 14.5 Å². The topological polar surface area (TPSA) is 54.9 Å². The number of aromatic nitrogens is 1. The van der Waals surface area contributed by atoms with Gasteiger partial charge in [-0.25, -0.2) is 4.98 Å². The first-order chi connectivity index (χ1) is 16.1. The van der Waals surface area contributed by atoms with Gasteiger partial charge in [-0.05, 0) is 61.7 Å². The van der Waals surface area contributed by atoms with E-state index >= 15 is 0 Å². The molecule has 7 heteroatoms. The van der Waals surface area contributed by atoms with Crippen molar-refractivity contribution in [1.29, 1.82) is 0 Å². The molecule has 0 bridgehead atoms. The summed E-state index contributed by atoms with van der Waals surface area (Å²) >= 11 is 1.58. The summed E-state index contributed by atoms with van der Waals surface area (Å²) in [4.78, 5) is 22.6. The summed E-state index contributed by atoms with van der Waals surface area (Å²) in [6.45, 7) is 9.96. The van der Waals surface area contributed by atoms with Gasteiger partial charge in [-0.2, -0.15) is 0 Å². The predicted molar refractivity (Wildman–Crippen MR) is 135 cm³/mol. The number of benzene rings is 2. The summed E-state index contributed by atoms with van der Waals surface area (Å²) in [5.74, 6) is 0.780. The summed E-state index contributed by atoms with van der Waals surface area (Å²) in [7, 11) is 0. The number of morpholine rings is 1. The van der Waals surface area contributed by atoms with Crippen molar-refractivity contribution in [3.05, 3.63) is 53.6 Å². The van der Waals surface area contributed by atoms with Crippen molar-refractivity contribution in [1.82, 2.24) is 9.88 Å². The second-order valence-electron chi connectivity index (χ2n) is 8.46. The van der Waals surface area contributed by atoms with E-state index in [1.165, 1.54) is 5.56 Å². The van der Waals surface area contributed by atoms with Crippen molar-refractivity contribution < 1.29 is 14.3 Å². The van der Waals surface area contributed by atoms with Gasteiger partial charge >= 0.3 is 0 Å². The summed E-state index contributed by atoms with van der Waals surface area (Å²) < 4.78 is 12.3. The van der Waals surface area contributed by atoms with Gasteiger partial charge in [0.2, 0.25) is 0 Å². The average Bonchev–Trinajstić information content (AvgIpc) is 3.25. The van der Waals surface area contributed by atoms with Gasteiger partial charge in [0.05, 0.1) is 30.0 Å². The number of fused-ring (bicyclic) bond motifs is 1. The highest BCUT2D eigenvalue weighted by Crippen LogP contribution is 2.31. The number of carbonyl (C=O) groups is 1. The summed E-state index contributed by atoms with van der Waals surface area (Å²) in [6, 6.07) is 13.7. The van der Waals surface area contributed by atoms with Crippen LogP contribution in [0.1, 0.15) is 42.1 Å². The highest BCUT2D eigenvalue weighted by Gasteiger charge is 2.22. The number of aryl methyl sites for hydroxylation is 1. The van der Waals surface area contributed by atoms with Crippen LogP contribution < -0.4 is 9.64 Å². The molecule has 0 radical (unpaired) electrons. The lowest BCUT2D eigenvalue weighted by Crippen LogP contribution is -2.39. The van der Waals surface area contributed by atoms with E-state index < -0.39 is 0 Å². The number of thiazole rings is 1.